The third-order valence-electron chi connectivity index (χ3n) is 4.92. The average Bonchev–Trinajstić information content (AvgIpc) is 2.83. The molecule has 2 aliphatic carbocycles. The van der Waals surface area contributed by atoms with Gasteiger partial charge in [0.15, 0.2) is 0 Å². The minimum Gasteiger partial charge on any atom is -0.353 e. The molecule has 1 fully saturated rings. The molecule has 0 bridgehead atoms. The second kappa shape index (κ2) is 9.84. The van der Waals surface area contributed by atoms with Crippen molar-refractivity contribution in [2.45, 2.75) is 63.8 Å². The molecule has 2 atom stereocenters. The fraction of sp³-hybridized carbons (Fsp3) is 0.667. The van der Waals surface area contributed by atoms with Gasteiger partial charge in [-0.2, -0.15) is 0 Å². The lowest BCUT2D eigenvalue weighted by Crippen LogP contribution is -2.43. The summed E-state index contributed by atoms with van der Waals surface area (Å²) in [6, 6.07) is 0.238. The van der Waals surface area contributed by atoms with Gasteiger partial charge in [0.25, 0.3) is 0 Å². The molecule has 0 aromatic heterocycles. The van der Waals surface area contributed by atoms with E-state index in [-0.39, 0.29) is 45.5 Å². The molecule has 1 amide bonds. The molecular formula is C18H24Cl3NO2. The maximum Gasteiger partial charge on any atom is 0.224 e. The first kappa shape index (κ1) is 19.8. The number of rotatable bonds is 5. The highest BCUT2D eigenvalue weighted by molar-refractivity contribution is 6.59. The Morgan fingerprint density at radius 2 is 1.50 bits per heavy atom. The van der Waals surface area contributed by atoms with Gasteiger partial charge in [0.2, 0.25) is 5.91 Å². The van der Waals surface area contributed by atoms with Gasteiger partial charge >= 0.3 is 0 Å². The molecule has 0 saturated heterocycles. The molecule has 0 heterocycles. The minimum atomic E-state index is -0.359. The van der Waals surface area contributed by atoms with Crippen molar-refractivity contribution in [1.82, 2.24) is 5.32 Å². The van der Waals surface area contributed by atoms with Crippen molar-refractivity contribution >= 4 is 46.5 Å². The van der Waals surface area contributed by atoms with Gasteiger partial charge in [-0.3, -0.25) is 9.59 Å². The molecule has 1 N–H and O–H groups in total. The van der Waals surface area contributed by atoms with E-state index in [1.165, 1.54) is 12.8 Å². The molecule has 2 rings (SSSR count). The van der Waals surface area contributed by atoms with Crippen LogP contribution in [0.3, 0.4) is 0 Å². The van der Waals surface area contributed by atoms with Gasteiger partial charge in [-0.05, 0) is 25.7 Å². The van der Waals surface area contributed by atoms with E-state index in [1.54, 1.807) is 0 Å². The normalized spacial score (nSPS) is 25.0. The maximum absolute atomic E-state index is 12.7. The lowest BCUT2D eigenvalue weighted by molar-refractivity contribution is -0.134. The molecule has 0 aromatic carbocycles. The van der Waals surface area contributed by atoms with Crippen molar-refractivity contribution in [2.24, 2.45) is 11.8 Å². The summed E-state index contributed by atoms with van der Waals surface area (Å²) in [4.78, 5) is 25.2. The number of hydrogen-bond acceptors (Lipinski definition) is 2. The van der Waals surface area contributed by atoms with Gasteiger partial charge in [0.1, 0.15) is 10.3 Å². The minimum absolute atomic E-state index is 0.0123. The van der Waals surface area contributed by atoms with E-state index >= 15 is 0 Å². The molecule has 134 valence electrons. The highest BCUT2D eigenvalue weighted by Crippen LogP contribution is 2.31. The van der Waals surface area contributed by atoms with Crippen molar-refractivity contribution in [3.8, 4) is 0 Å². The summed E-state index contributed by atoms with van der Waals surface area (Å²) in [7, 11) is 0. The molecule has 0 unspecified atom stereocenters. The third-order valence-corrected chi connectivity index (χ3v) is 5.89. The van der Waals surface area contributed by atoms with Gasteiger partial charge in [0, 0.05) is 18.4 Å². The van der Waals surface area contributed by atoms with Crippen molar-refractivity contribution in [2.75, 3.05) is 0 Å². The Balaban J connectivity index is 2.00. The number of carbonyl (C=O) groups excluding carboxylic acids is 2. The van der Waals surface area contributed by atoms with Crippen LogP contribution in [0.15, 0.2) is 21.7 Å². The van der Waals surface area contributed by atoms with Crippen LogP contribution >= 0.6 is 34.8 Å². The SMILES string of the molecule is O=C(CC(Cl)=C(Cl)Cl)[C@@H]1CC=CC[C@H]1C(=O)NC1CCCCCC1. The molecule has 1 saturated carbocycles. The fourth-order valence-corrected chi connectivity index (χ4v) is 3.81. The quantitative estimate of drug-likeness (QED) is 0.513. The van der Waals surface area contributed by atoms with Gasteiger partial charge in [-0.15, -0.1) is 0 Å². The third kappa shape index (κ3) is 5.79. The standard InChI is InChI=1S/C18H24Cl3NO2/c19-15(17(20)21)11-16(23)13-9-5-6-10-14(13)18(24)22-12-7-3-1-2-4-8-12/h5-6,12-14H,1-4,7-11H2,(H,22,24)/t13-,14-/m1/s1. The number of hydrogen-bond donors (Lipinski definition) is 1. The van der Waals surface area contributed by atoms with E-state index in [9.17, 15) is 9.59 Å². The van der Waals surface area contributed by atoms with E-state index in [1.807, 2.05) is 12.2 Å². The Kier molecular flexibility index (Phi) is 8.12. The van der Waals surface area contributed by atoms with Crippen LogP contribution in [0.25, 0.3) is 0 Å². The number of nitrogens with one attached hydrogen (secondary N) is 1. The van der Waals surface area contributed by atoms with Crippen LogP contribution in [0.2, 0.25) is 0 Å². The van der Waals surface area contributed by atoms with Crippen LogP contribution < -0.4 is 5.32 Å². The summed E-state index contributed by atoms with van der Waals surface area (Å²) >= 11 is 17.2. The van der Waals surface area contributed by atoms with E-state index < -0.39 is 0 Å². The van der Waals surface area contributed by atoms with Crippen LogP contribution in [0.1, 0.15) is 57.8 Å². The fourth-order valence-electron chi connectivity index (χ4n) is 3.54. The van der Waals surface area contributed by atoms with Crippen molar-refractivity contribution in [3.63, 3.8) is 0 Å². The second-order valence-corrected chi connectivity index (χ2v) is 8.07. The van der Waals surface area contributed by atoms with Crippen molar-refractivity contribution in [3.05, 3.63) is 21.7 Å². The molecule has 0 aromatic rings. The predicted molar refractivity (Wildman–Crippen MR) is 99.2 cm³/mol. The Morgan fingerprint density at radius 1 is 0.917 bits per heavy atom. The molecule has 24 heavy (non-hydrogen) atoms. The molecule has 3 nitrogen and oxygen atoms in total. The first-order valence-electron chi connectivity index (χ1n) is 8.66. The molecule has 0 aliphatic heterocycles. The summed E-state index contributed by atoms with van der Waals surface area (Å²) in [5, 5.41) is 3.31. The van der Waals surface area contributed by atoms with Crippen LogP contribution in [0.5, 0.6) is 0 Å². The monoisotopic (exact) mass is 391 g/mol. The van der Waals surface area contributed by atoms with E-state index in [0.29, 0.717) is 12.8 Å². The predicted octanol–water partition coefficient (Wildman–Crippen LogP) is 5.25. The smallest absolute Gasteiger partial charge is 0.224 e. The van der Waals surface area contributed by atoms with Crippen molar-refractivity contribution < 1.29 is 9.59 Å². The second-order valence-electron chi connectivity index (χ2n) is 6.66. The van der Waals surface area contributed by atoms with E-state index in [4.69, 9.17) is 34.8 Å². The number of halogens is 3. The van der Waals surface area contributed by atoms with Crippen LogP contribution in [-0.2, 0) is 9.59 Å². The summed E-state index contributed by atoms with van der Waals surface area (Å²) in [6.07, 6.45) is 11.9. The van der Waals surface area contributed by atoms with E-state index in [0.717, 1.165) is 25.7 Å². The summed E-state index contributed by atoms with van der Waals surface area (Å²) < 4.78 is -0.0872. The van der Waals surface area contributed by atoms with Gasteiger partial charge in [0.05, 0.1) is 11.0 Å². The topological polar surface area (TPSA) is 46.2 Å². The number of Topliss-reactive ketones (excluding diaryl/α,β-unsaturated/α-hetero) is 1. The largest absolute Gasteiger partial charge is 0.353 e. The highest BCUT2D eigenvalue weighted by atomic mass is 35.5. The van der Waals surface area contributed by atoms with Crippen LogP contribution in [0, 0.1) is 11.8 Å². The first-order valence-corrected chi connectivity index (χ1v) is 9.80. The lowest BCUT2D eigenvalue weighted by atomic mass is 9.78. The molecule has 0 spiro atoms. The zero-order chi connectivity index (χ0) is 17.5. The lowest BCUT2D eigenvalue weighted by Gasteiger charge is -2.28. The zero-order valence-electron chi connectivity index (χ0n) is 13.7. The number of amides is 1. The number of carbonyl (C=O) groups is 2. The Hall–Kier alpha value is -0.510. The van der Waals surface area contributed by atoms with Crippen LogP contribution in [0.4, 0.5) is 0 Å². The zero-order valence-corrected chi connectivity index (χ0v) is 16.0. The van der Waals surface area contributed by atoms with Crippen LogP contribution in [-0.4, -0.2) is 17.7 Å². The van der Waals surface area contributed by atoms with Gasteiger partial charge in [-0.1, -0.05) is 72.6 Å². The number of ketones is 1. The Bertz CT molecular complexity index is 518. The summed E-state index contributed by atoms with van der Waals surface area (Å²) in [6.45, 7) is 0. The molecule has 0 radical (unpaired) electrons. The highest BCUT2D eigenvalue weighted by Gasteiger charge is 2.34. The maximum atomic E-state index is 12.7. The Labute approximate surface area is 158 Å². The Morgan fingerprint density at radius 3 is 2.08 bits per heavy atom. The molecular weight excluding hydrogens is 369 g/mol. The number of allylic oxidation sites excluding steroid dienone is 3. The van der Waals surface area contributed by atoms with Crippen molar-refractivity contribution in [1.29, 1.82) is 0 Å². The first-order chi connectivity index (χ1) is 11.5. The van der Waals surface area contributed by atoms with Gasteiger partial charge < -0.3 is 5.32 Å². The molecule has 6 heteroatoms. The van der Waals surface area contributed by atoms with Gasteiger partial charge in [-0.25, -0.2) is 0 Å². The summed E-state index contributed by atoms with van der Waals surface area (Å²) in [5.74, 6) is -0.780. The average molecular weight is 393 g/mol. The molecule has 2 aliphatic rings. The summed E-state index contributed by atoms with van der Waals surface area (Å²) in [5.41, 5.74) is 0. The van der Waals surface area contributed by atoms with E-state index in [2.05, 4.69) is 5.32 Å².